The van der Waals surface area contributed by atoms with Crippen molar-refractivity contribution in [2.24, 2.45) is 0 Å². The molecule has 0 amide bonds. The maximum atomic E-state index is 12.7. The van der Waals surface area contributed by atoms with E-state index in [1.165, 1.54) is 0 Å². The van der Waals surface area contributed by atoms with Gasteiger partial charge in [0, 0.05) is 16.0 Å². The molecule has 0 aromatic heterocycles. The van der Waals surface area contributed by atoms with Crippen LogP contribution in [-0.4, -0.2) is 7.11 Å². The molecule has 4 aromatic rings. The summed E-state index contributed by atoms with van der Waals surface area (Å²) in [5.74, 6) is 0.810. The molecule has 4 rings (SSSR count). The first-order valence-electron chi connectivity index (χ1n) is 7.20. The first-order valence-corrected chi connectivity index (χ1v) is 7.20. The third-order valence-electron chi connectivity index (χ3n) is 4.11. The van der Waals surface area contributed by atoms with Crippen LogP contribution in [0.15, 0.2) is 65.5 Å². The minimum Gasteiger partial charge on any atom is -0.497 e. The first-order chi connectivity index (χ1) is 10.8. The average molecular weight is 286 g/mol. The zero-order chi connectivity index (χ0) is 15.1. The number of rotatable bonds is 2. The molecule has 0 spiro atoms. The van der Waals surface area contributed by atoms with Crippen LogP contribution >= 0.6 is 0 Å². The van der Waals surface area contributed by atoms with E-state index in [0.29, 0.717) is 0 Å². The highest BCUT2D eigenvalue weighted by atomic mass is 16.5. The molecule has 2 heteroatoms. The van der Waals surface area contributed by atoms with Crippen LogP contribution < -0.4 is 15.4 Å². The molecule has 0 fully saturated rings. The Morgan fingerprint density at radius 3 is 2.23 bits per heavy atom. The topological polar surface area (TPSA) is 26.3 Å². The fourth-order valence-corrected chi connectivity index (χ4v) is 3.03. The van der Waals surface area contributed by atoms with Gasteiger partial charge in [-0.05, 0) is 34.5 Å². The summed E-state index contributed by atoms with van der Waals surface area (Å²) in [7, 11) is 1.64. The summed E-state index contributed by atoms with van der Waals surface area (Å²) in [5, 5.41) is 4.76. The summed E-state index contributed by atoms with van der Waals surface area (Å²) in [6, 6.07) is 19.7. The largest absolute Gasteiger partial charge is 0.497 e. The first kappa shape index (κ1) is 12.8. The Bertz CT molecular complexity index is 1060. The van der Waals surface area contributed by atoms with E-state index in [-0.39, 0.29) is 5.43 Å². The van der Waals surface area contributed by atoms with E-state index >= 15 is 0 Å². The van der Waals surface area contributed by atoms with Gasteiger partial charge in [-0.15, -0.1) is 0 Å². The highest BCUT2D eigenvalue weighted by Gasteiger charge is 2.10. The molecule has 0 unspecified atom stereocenters. The smallest absolute Gasteiger partial charge is 0.194 e. The van der Waals surface area contributed by atoms with Crippen molar-refractivity contribution < 1.29 is 4.74 Å². The molecule has 0 saturated carbocycles. The standard InChI is InChI=1S/C20H14O2/c1-22-15-10-8-13(9-11-15)12-18-16-6-2-4-14-5-3-7-17(19(14)16)20(18)21/h2-12H,1H3. The van der Waals surface area contributed by atoms with Crippen LogP contribution in [0.25, 0.3) is 27.6 Å². The van der Waals surface area contributed by atoms with Crippen LogP contribution in [0, 0.1) is 0 Å². The number of benzene rings is 3. The van der Waals surface area contributed by atoms with Crippen LogP contribution in [0.4, 0.5) is 0 Å². The zero-order valence-electron chi connectivity index (χ0n) is 12.2. The second kappa shape index (κ2) is 4.85. The Labute approximate surface area is 127 Å². The Morgan fingerprint density at radius 2 is 1.55 bits per heavy atom. The molecule has 0 aliphatic heterocycles. The molecule has 2 nitrogen and oxygen atoms in total. The van der Waals surface area contributed by atoms with Gasteiger partial charge in [0.1, 0.15) is 5.75 Å². The Kier molecular flexibility index (Phi) is 2.83. The van der Waals surface area contributed by atoms with Crippen LogP contribution in [0.1, 0.15) is 5.56 Å². The molecular weight excluding hydrogens is 272 g/mol. The maximum Gasteiger partial charge on any atom is 0.194 e. The summed E-state index contributed by atoms with van der Waals surface area (Å²) in [6.45, 7) is 0. The van der Waals surface area contributed by atoms with Crippen LogP contribution in [0.5, 0.6) is 5.75 Å². The predicted octanol–water partition coefficient (Wildman–Crippen LogP) is 3.35. The normalized spacial score (nSPS) is 12.3. The number of methoxy groups -OCH3 is 1. The summed E-state index contributed by atoms with van der Waals surface area (Å²) in [4.78, 5) is 12.7. The van der Waals surface area contributed by atoms with Crippen LogP contribution in [0.2, 0.25) is 0 Å². The summed E-state index contributed by atoms with van der Waals surface area (Å²) in [6.07, 6.45) is 1.95. The predicted molar refractivity (Wildman–Crippen MR) is 90.7 cm³/mol. The van der Waals surface area contributed by atoms with Crippen molar-refractivity contribution in [2.45, 2.75) is 0 Å². The molecule has 106 valence electrons. The lowest BCUT2D eigenvalue weighted by molar-refractivity contribution is 0.415. The van der Waals surface area contributed by atoms with Gasteiger partial charge in [0.05, 0.1) is 7.11 Å². The molecule has 0 saturated heterocycles. The van der Waals surface area contributed by atoms with E-state index < -0.39 is 0 Å². The van der Waals surface area contributed by atoms with Gasteiger partial charge in [-0.2, -0.15) is 0 Å². The van der Waals surface area contributed by atoms with Gasteiger partial charge < -0.3 is 4.74 Å². The SMILES string of the molecule is COc1ccc(C=c2c(=O)c3cccc4cccc2c43)cc1. The minimum absolute atomic E-state index is 0.0996. The lowest BCUT2D eigenvalue weighted by Gasteiger charge is -1.99. The molecule has 0 bridgehead atoms. The van der Waals surface area contributed by atoms with E-state index in [2.05, 4.69) is 0 Å². The summed E-state index contributed by atoms with van der Waals surface area (Å²) in [5.41, 5.74) is 1.09. The highest BCUT2D eigenvalue weighted by Crippen LogP contribution is 2.22. The van der Waals surface area contributed by atoms with Crippen molar-refractivity contribution in [3.8, 4) is 5.75 Å². The Hall–Kier alpha value is -2.87. The molecule has 0 aliphatic rings. The Balaban J connectivity index is 2.06. The molecule has 4 aromatic carbocycles. The third kappa shape index (κ3) is 1.85. The van der Waals surface area contributed by atoms with E-state index in [1.54, 1.807) is 7.11 Å². The molecule has 22 heavy (non-hydrogen) atoms. The number of hydrogen-bond donors (Lipinski definition) is 0. The molecular formula is C20H14O2. The lowest BCUT2D eigenvalue weighted by Crippen LogP contribution is -2.19. The molecule has 0 aliphatic carbocycles. The van der Waals surface area contributed by atoms with Crippen molar-refractivity contribution in [2.75, 3.05) is 7.11 Å². The van der Waals surface area contributed by atoms with E-state index in [9.17, 15) is 4.79 Å². The minimum atomic E-state index is 0.0996. The second-order valence-electron chi connectivity index (χ2n) is 5.37. The highest BCUT2D eigenvalue weighted by molar-refractivity contribution is 6.12. The number of ether oxygens (including phenoxy) is 1. The van der Waals surface area contributed by atoms with Gasteiger partial charge in [-0.3, -0.25) is 4.79 Å². The second-order valence-corrected chi connectivity index (χ2v) is 5.37. The summed E-state index contributed by atoms with van der Waals surface area (Å²) >= 11 is 0. The van der Waals surface area contributed by atoms with Crippen molar-refractivity contribution in [1.29, 1.82) is 0 Å². The van der Waals surface area contributed by atoms with Crippen molar-refractivity contribution in [3.05, 3.63) is 81.7 Å². The van der Waals surface area contributed by atoms with Gasteiger partial charge in [0.15, 0.2) is 5.43 Å². The van der Waals surface area contributed by atoms with Gasteiger partial charge in [0.25, 0.3) is 0 Å². The Morgan fingerprint density at radius 1 is 0.864 bits per heavy atom. The quantitative estimate of drug-likeness (QED) is 0.565. The van der Waals surface area contributed by atoms with Gasteiger partial charge >= 0.3 is 0 Å². The monoisotopic (exact) mass is 286 g/mol. The van der Waals surface area contributed by atoms with Crippen molar-refractivity contribution in [3.63, 3.8) is 0 Å². The lowest BCUT2D eigenvalue weighted by atomic mass is 10.1. The fraction of sp³-hybridized carbons (Fsp3) is 0.0500. The van der Waals surface area contributed by atoms with Gasteiger partial charge in [-0.25, -0.2) is 0 Å². The van der Waals surface area contributed by atoms with Crippen molar-refractivity contribution >= 4 is 27.6 Å². The molecule has 0 heterocycles. The van der Waals surface area contributed by atoms with Crippen LogP contribution in [-0.2, 0) is 0 Å². The molecule has 0 radical (unpaired) electrons. The van der Waals surface area contributed by atoms with E-state index in [0.717, 1.165) is 38.1 Å². The van der Waals surface area contributed by atoms with Crippen LogP contribution in [0.3, 0.4) is 0 Å². The van der Waals surface area contributed by atoms with Gasteiger partial charge in [0.2, 0.25) is 0 Å². The van der Waals surface area contributed by atoms with Crippen molar-refractivity contribution in [1.82, 2.24) is 0 Å². The average Bonchev–Trinajstić information content (AvgIpc) is 2.84. The fourth-order valence-electron chi connectivity index (χ4n) is 3.03. The van der Waals surface area contributed by atoms with E-state index in [4.69, 9.17) is 4.74 Å². The molecule has 0 N–H and O–H groups in total. The third-order valence-corrected chi connectivity index (χ3v) is 4.11. The summed E-state index contributed by atoms with van der Waals surface area (Å²) < 4.78 is 5.17. The maximum absolute atomic E-state index is 12.7. The number of hydrogen-bond acceptors (Lipinski definition) is 2. The molecule has 0 atom stereocenters. The zero-order valence-corrected chi connectivity index (χ0v) is 12.2. The van der Waals surface area contributed by atoms with E-state index in [1.807, 2.05) is 66.7 Å². The van der Waals surface area contributed by atoms with Gasteiger partial charge in [-0.1, -0.05) is 48.5 Å².